The largest absolute Gasteiger partial charge is 0.616 e. The molecule has 0 bridgehead atoms. The van der Waals surface area contributed by atoms with E-state index in [1.807, 2.05) is 0 Å². The van der Waals surface area contributed by atoms with Gasteiger partial charge in [-0.25, -0.2) is 0 Å². The Morgan fingerprint density at radius 1 is 1.09 bits per heavy atom. The molecule has 0 amide bonds. The molecule has 0 aromatic rings. The first-order valence-corrected chi connectivity index (χ1v) is 8.80. The first-order valence-electron chi connectivity index (χ1n) is 7.25. The lowest BCUT2D eigenvalue weighted by molar-refractivity contribution is -0.933. The van der Waals surface area contributed by atoms with Crippen LogP contribution in [0.1, 0.15) is 33.1 Å². The topological polar surface area (TPSA) is 43.4 Å². The summed E-state index contributed by atoms with van der Waals surface area (Å²) < 4.78 is 92.1. The van der Waals surface area contributed by atoms with Gasteiger partial charge in [-0.2, -0.15) is 13.2 Å². The molecule has 0 unspecified atom stereocenters. The summed E-state index contributed by atoms with van der Waals surface area (Å²) in [5, 5.41) is 0. The number of quaternary nitrogens is 1. The van der Waals surface area contributed by atoms with E-state index in [2.05, 4.69) is 13.8 Å². The van der Waals surface area contributed by atoms with Crippen LogP contribution in [0.2, 0.25) is 0 Å². The molecule has 0 aromatic carbocycles. The predicted octanol–water partition coefficient (Wildman–Crippen LogP) is 3.27. The van der Waals surface area contributed by atoms with Gasteiger partial charge in [-0.15, -0.1) is 0 Å². The van der Waals surface area contributed by atoms with Crippen LogP contribution in [0.25, 0.3) is 0 Å². The highest BCUT2D eigenvalue weighted by Gasteiger charge is 2.58. The normalized spacial score (nSPS) is 18.4. The molecule has 0 N–H and O–H groups in total. The molecule has 0 spiro atoms. The molecule has 1 aliphatic heterocycles. The summed E-state index contributed by atoms with van der Waals surface area (Å²) in [6.45, 7) is 10.2. The molecule has 0 radical (unpaired) electrons. The van der Waals surface area contributed by atoms with Crippen LogP contribution in [0.15, 0.2) is 0 Å². The third-order valence-corrected chi connectivity index (χ3v) is 4.92. The van der Waals surface area contributed by atoms with Crippen molar-refractivity contribution in [3.05, 3.63) is 0 Å². The Hall–Kier alpha value is -0.485. The Morgan fingerprint density at radius 3 is 1.83 bits per heavy atom. The molecule has 0 atom stereocenters. The van der Waals surface area contributed by atoms with Crippen LogP contribution in [0.4, 0.5) is 26.1 Å². The fourth-order valence-electron chi connectivity index (χ4n) is 2.10. The summed E-state index contributed by atoms with van der Waals surface area (Å²) in [6.07, 6.45) is -2.98. The van der Waals surface area contributed by atoms with E-state index in [0.29, 0.717) is 0 Å². The van der Waals surface area contributed by atoms with Crippen LogP contribution < -0.4 is 0 Å². The molecule has 12 heteroatoms. The maximum absolute atomic E-state index is 11.1. The Bertz CT molecular complexity index is 426. The summed E-state index contributed by atoms with van der Waals surface area (Å²) in [4.78, 5) is 0. The standard InChI is InChI=1S/C10H22NO.CBF6O2S/c1-3-9-12-10-11(4-2)7-5-6-8-11;3-1(4,5)11(9,10)2(6,7)8/h3-10H2,1-2H3;/q+1;-1. The predicted molar refractivity (Wildman–Crippen MR) is 74.9 cm³/mol. The smallest absolute Gasteiger partial charge is 0.436 e. The summed E-state index contributed by atoms with van der Waals surface area (Å²) in [5.74, 6) is 0. The van der Waals surface area contributed by atoms with Crippen LogP contribution in [0.3, 0.4) is 0 Å². The molecule has 140 valence electrons. The molecule has 1 aliphatic rings. The average Bonchev–Trinajstić information content (AvgIpc) is 2.87. The number of hydrogen-bond acceptors (Lipinski definition) is 3. The van der Waals surface area contributed by atoms with Gasteiger partial charge in [-0.05, 0) is 13.3 Å². The summed E-state index contributed by atoms with van der Waals surface area (Å²) in [5.41, 5.74) is -6.24. The zero-order chi connectivity index (χ0) is 18.4. The Morgan fingerprint density at radius 2 is 1.57 bits per heavy atom. The second-order valence-electron chi connectivity index (χ2n) is 5.35. The van der Waals surface area contributed by atoms with E-state index >= 15 is 0 Å². The Kier molecular flexibility index (Phi) is 8.38. The highest BCUT2D eigenvalue weighted by Crippen LogP contribution is 2.33. The highest BCUT2D eigenvalue weighted by atomic mass is 32.2. The SMILES string of the molecule is CCCOC[N+]1(CC)CCCC1.O=S(=O)([B-](F)(F)F)C(F)(F)F. The zero-order valence-corrected chi connectivity index (χ0v) is 13.9. The molecular formula is C11H22BF6NO3S. The van der Waals surface area contributed by atoms with Crippen molar-refractivity contribution in [2.75, 3.05) is 33.0 Å². The molecule has 1 fully saturated rings. The molecule has 1 rings (SSSR count). The van der Waals surface area contributed by atoms with Crippen LogP contribution >= 0.6 is 0 Å². The van der Waals surface area contributed by atoms with Gasteiger partial charge >= 0.3 is 11.8 Å². The lowest BCUT2D eigenvalue weighted by atomic mass is 10.4. The van der Waals surface area contributed by atoms with Crippen molar-refractivity contribution in [2.45, 2.75) is 38.6 Å². The number of hydrogen-bond donors (Lipinski definition) is 0. The second-order valence-corrected chi connectivity index (χ2v) is 7.44. The molecule has 0 aliphatic carbocycles. The van der Waals surface area contributed by atoms with Crippen molar-refractivity contribution in [1.82, 2.24) is 0 Å². The van der Waals surface area contributed by atoms with E-state index in [1.165, 1.54) is 37.0 Å². The number of rotatable bonds is 6. The molecule has 23 heavy (non-hydrogen) atoms. The summed E-state index contributed by atoms with van der Waals surface area (Å²) in [6, 6.07) is 0. The zero-order valence-electron chi connectivity index (χ0n) is 13.1. The van der Waals surface area contributed by atoms with E-state index in [-0.39, 0.29) is 0 Å². The van der Waals surface area contributed by atoms with Crippen LogP contribution in [-0.2, 0) is 14.4 Å². The number of alkyl halides is 3. The van der Waals surface area contributed by atoms with Gasteiger partial charge in [-0.1, -0.05) is 6.92 Å². The Labute approximate surface area is 132 Å². The van der Waals surface area contributed by atoms with E-state index in [4.69, 9.17) is 4.74 Å². The first-order chi connectivity index (χ1) is 10.3. The molecule has 1 heterocycles. The second kappa shape index (κ2) is 8.56. The van der Waals surface area contributed by atoms with Crippen molar-refractivity contribution in [3.63, 3.8) is 0 Å². The molecule has 0 saturated carbocycles. The van der Waals surface area contributed by atoms with Gasteiger partial charge in [0.2, 0.25) is 9.69 Å². The molecule has 1 saturated heterocycles. The van der Waals surface area contributed by atoms with Crippen molar-refractivity contribution in [2.24, 2.45) is 0 Å². The summed E-state index contributed by atoms with van der Waals surface area (Å²) in [7, 11) is -6.95. The number of ether oxygens (including phenoxy) is 1. The Balaban J connectivity index is 0.000000423. The third-order valence-electron chi connectivity index (χ3n) is 3.57. The first kappa shape index (κ1) is 22.5. The number of nitrogens with zero attached hydrogens (tertiary/aromatic N) is 1. The maximum atomic E-state index is 11.1. The van der Waals surface area contributed by atoms with E-state index in [1.54, 1.807) is 0 Å². The number of likely N-dealkylation sites (tertiary alicyclic amines) is 1. The lowest BCUT2D eigenvalue weighted by Gasteiger charge is -2.32. The van der Waals surface area contributed by atoms with Gasteiger partial charge in [0.25, 0.3) is 0 Å². The van der Waals surface area contributed by atoms with E-state index < -0.39 is 21.5 Å². The molecular weight excluding hydrogens is 351 g/mol. The van der Waals surface area contributed by atoms with Gasteiger partial charge in [0, 0.05) is 12.8 Å². The van der Waals surface area contributed by atoms with E-state index in [0.717, 1.165) is 19.8 Å². The minimum absolute atomic E-state index is 0.931. The highest BCUT2D eigenvalue weighted by molar-refractivity contribution is 8.20. The van der Waals surface area contributed by atoms with Crippen molar-refractivity contribution < 1.29 is 43.8 Å². The van der Waals surface area contributed by atoms with Crippen LogP contribution in [-0.4, -0.2) is 57.6 Å². The monoisotopic (exact) mass is 373 g/mol. The van der Waals surface area contributed by atoms with Crippen LogP contribution in [0.5, 0.6) is 0 Å². The minimum Gasteiger partial charge on any atom is -0.436 e. The fraction of sp³-hybridized carbons (Fsp3) is 1.00. The van der Waals surface area contributed by atoms with Gasteiger partial charge < -0.3 is 22.2 Å². The quantitative estimate of drug-likeness (QED) is 0.311. The number of halogens is 6. The van der Waals surface area contributed by atoms with Crippen molar-refractivity contribution >= 4 is 15.9 Å². The van der Waals surface area contributed by atoms with E-state index in [9.17, 15) is 34.5 Å². The lowest BCUT2D eigenvalue weighted by Crippen LogP contribution is -2.46. The molecule has 4 nitrogen and oxygen atoms in total. The van der Waals surface area contributed by atoms with Crippen molar-refractivity contribution in [1.29, 1.82) is 0 Å². The minimum atomic E-state index is -6.95. The van der Waals surface area contributed by atoms with Gasteiger partial charge in [0.15, 0.2) is 6.73 Å². The third kappa shape index (κ3) is 6.50. The van der Waals surface area contributed by atoms with Gasteiger partial charge in [0.05, 0.1) is 26.2 Å². The van der Waals surface area contributed by atoms with Gasteiger partial charge in [0.1, 0.15) is 0 Å². The maximum Gasteiger partial charge on any atom is 0.616 e. The average molecular weight is 373 g/mol. The molecule has 0 aromatic heterocycles. The van der Waals surface area contributed by atoms with Gasteiger partial charge in [-0.3, -0.25) is 8.42 Å². The van der Waals surface area contributed by atoms with Crippen molar-refractivity contribution in [3.8, 4) is 0 Å². The van der Waals surface area contributed by atoms with Crippen LogP contribution in [0, 0.1) is 0 Å². The fourth-order valence-corrected chi connectivity index (χ4v) is 2.40. The summed E-state index contributed by atoms with van der Waals surface area (Å²) >= 11 is 0.